The van der Waals surface area contributed by atoms with Gasteiger partial charge in [0.25, 0.3) is 0 Å². The van der Waals surface area contributed by atoms with Crippen molar-refractivity contribution in [2.24, 2.45) is 12.0 Å². The number of aliphatic imine (C=N–C) groups is 1. The number of aryl methyl sites for hydroxylation is 1. The molecular weight excluding hydrogens is 350 g/mol. The Morgan fingerprint density at radius 3 is 2.46 bits per heavy atom. The van der Waals surface area contributed by atoms with Gasteiger partial charge in [0.2, 0.25) is 0 Å². The molecule has 0 aliphatic carbocycles. The Balaban J connectivity index is 1.84. The van der Waals surface area contributed by atoms with Gasteiger partial charge >= 0.3 is 0 Å². The van der Waals surface area contributed by atoms with E-state index in [1.165, 1.54) is 11.8 Å². The highest BCUT2D eigenvalue weighted by molar-refractivity contribution is 7.90. The van der Waals surface area contributed by atoms with Crippen LogP contribution in [-0.2, 0) is 29.7 Å². The predicted octanol–water partition coefficient (Wildman–Crippen LogP) is 1.16. The molecule has 0 spiro atoms. The number of sulfone groups is 1. The molecular formula is C18H27N5O2S. The van der Waals surface area contributed by atoms with Gasteiger partial charge < -0.3 is 10.6 Å². The molecule has 142 valence electrons. The lowest BCUT2D eigenvalue weighted by Gasteiger charge is -2.11. The van der Waals surface area contributed by atoms with E-state index in [2.05, 4.69) is 20.7 Å². The monoisotopic (exact) mass is 377 g/mol. The van der Waals surface area contributed by atoms with Crippen molar-refractivity contribution in [3.63, 3.8) is 0 Å². The smallest absolute Gasteiger partial charge is 0.191 e. The van der Waals surface area contributed by atoms with Crippen molar-refractivity contribution >= 4 is 15.8 Å². The molecule has 0 saturated carbocycles. The summed E-state index contributed by atoms with van der Waals surface area (Å²) in [6.07, 6.45) is 6.72. The quantitative estimate of drug-likeness (QED) is 0.532. The fraction of sp³-hybridized carbons (Fsp3) is 0.444. The minimum atomic E-state index is -3.15. The van der Waals surface area contributed by atoms with Crippen molar-refractivity contribution in [2.45, 2.75) is 24.7 Å². The summed E-state index contributed by atoms with van der Waals surface area (Å²) in [6, 6.07) is 6.97. The molecule has 26 heavy (non-hydrogen) atoms. The molecule has 0 aliphatic heterocycles. The first-order valence-corrected chi connectivity index (χ1v) is 10.6. The minimum Gasteiger partial charge on any atom is -0.357 e. The van der Waals surface area contributed by atoms with Crippen LogP contribution in [0.25, 0.3) is 0 Å². The first-order valence-electron chi connectivity index (χ1n) is 8.67. The third-order valence-electron chi connectivity index (χ3n) is 3.83. The summed E-state index contributed by atoms with van der Waals surface area (Å²) in [5, 5.41) is 10.7. The second kappa shape index (κ2) is 9.38. The second-order valence-electron chi connectivity index (χ2n) is 6.13. The number of guanidine groups is 1. The van der Waals surface area contributed by atoms with Crippen LogP contribution in [0.5, 0.6) is 0 Å². The molecule has 1 aromatic carbocycles. The summed E-state index contributed by atoms with van der Waals surface area (Å²) in [6.45, 7) is 4.23. The van der Waals surface area contributed by atoms with E-state index in [0.717, 1.165) is 37.5 Å². The molecule has 0 fully saturated rings. The highest BCUT2D eigenvalue weighted by Gasteiger charge is 2.06. The van der Waals surface area contributed by atoms with Crippen molar-refractivity contribution in [1.82, 2.24) is 20.4 Å². The summed E-state index contributed by atoms with van der Waals surface area (Å²) in [5.74, 6) is 0.782. The van der Waals surface area contributed by atoms with E-state index >= 15 is 0 Å². The zero-order valence-corrected chi connectivity index (χ0v) is 16.4. The number of hydrogen-bond acceptors (Lipinski definition) is 4. The van der Waals surface area contributed by atoms with Gasteiger partial charge in [-0.3, -0.25) is 9.67 Å². The Morgan fingerprint density at radius 2 is 1.88 bits per heavy atom. The van der Waals surface area contributed by atoms with E-state index in [-0.39, 0.29) is 0 Å². The van der Waals surface area contributed by atoms with Crippen LogP contribution in [-0.4, -0.2) is 50.0 Å². The Labute approximate surface area is 155 Å². The first-order chi connectivity index (χ1) is 12.4. The zero-order chi connectivity index (χ0) is 19.0. The van der Waals surface area contributed by atoms with Crippen LogP contribution in [0.15, 0.2) is 46.5 Å². The van der Waals surface area contributed by atoms with E-state index in [4.69, 9.17) is 0 Å². The molecule has 0 atom stereocenters. The van der Waals surface area contributed by atoms with Crippen LogP contribution < -0.4 is 10.6 Å². The van der Waals surface area contributed by atoms with Crippen LogP contribution in [0.2, 0.25) is 0 Å². The maximum absolute atomic E-state index is 11.5. The van der Waals surface area contributed by atoms with Crippen molar-refractivity contribution in [1.29, 1.82) is 0 Å². The largest absolute Gasteiger partial charge is 0.357 e. The average Bonchev–Trinajstić information content (AvgIpc) is 3.00. The number of rotatable bonds is 8. The van der Waals surface area contributed by atoms with Crippen LogP contribution in [0, 0.1) is 0 Å². The van der Waals surface area contributed by atoms with Crippen molar-refractivity contribution in [3.8, 4) is 0 Å². The number of nitrogens with one attached hydrogen (secondary N) is 2. The molecule has 0 unspecified atom stereocenters. The number of nitrogens with zero attached hydrogens (tertiary/aromatic N) is 3. The van der Waals surface area contributed by atoms with Gasteiger partial charge in [-0.15, -0.1) is 0 Å². The highest BCUT2D eigenvalue weighted by Crippen LogP contribution is 2.10. The zero-order valence-electron chi connectivity index (χ0n) is 15.6. The number of hydrogen-bond donors (Lipinski definition) is 2. The SMILES string of the molecule is CCNC(=NCCc1ccc(S(C)(=O)=O)cc1)NCCc1cnn(C)c1. The fourth-order valence-electron chi connectivity index (χ4n) is 2.47. The molecule has 0 aliphatic rings. The minimum absolute atomic E-state index is 0.343. The normalized spacial score (nSPS) is 12.2. The maximum Gasteiger partial charge on any atom is 0.191 e. The Morgan fingerprint density at radius 1 is 1.15 bits per heavy atom. The van der Waals surface area contributed by atoms with E-state index in [1.807, 2.05) is 38.5 Å². The topological polar surface area (TPSA) is 88.4 Å². The summed E-state index contributed by atoms with van der Waals surface area (Å²) in [7, 11) is -1.24. The predicted molar refractivity (Wildman–Crippen MR) is 104 cm³/mol. The van der Waals surface area contributed by atoms with Gasteiger partial charge in [-0.25, -0.2) is 8.42 Å². The Hall–Kier alpha value is -2.35. The van der Waals surface area contributed by atoms with E-state index < -0.39 is 9.84 Å². The standard InChI is InChI=1S/C18H27N5O2S/c1-4-19-18(21-12-10-16-13-22-23(2)14-16)20-11-9-15-5-7-17(8-6-15)26(3,24)25/h5-8,13-14H,4,9-12H2,1-3H3,(H2,19,20,21). The number of benzene rings is 1. The summed E-state index contributed by atoms with van der Waals surface area (Å²) in [4.78, 5) is 4.91. The maximum atomic E-state index is 11.5. The Bertz CT molecular complexity index is 826. The van der Waals surface area contributed by atoms with Crippen LogP contribution in [0.3, 0.4) is 0 Å². The van der Waals surface area contributed by atoms with Crippen molar-refractivity contribution in [2.75, 3.05) is 25.9 Å². The average molecular weight is 378 g/mol. The third kappa shape index (κ3) is 6.51. The molecule has 1 aromatic heterocycles. The van der Waals surface area contributed by atoms with Gasteiger partial charge in [-0.2, -0.15) is 5.10 Å². The Kier molecular flexibility index (Phi) is 7.20. The van der Waals surface area contributed by atoms with E-state index in [1.54, 1.807) is 16.8 Å². The van der Waals surface area contributed by atoms with E-state index in [0.29, 0.717) is 11.4 Å². The van der Waals surface area contributed by atoms with Gasteiger partial charge in [-0.1, -0.05) is 12.1 Å². The highest BCUT2D eigenvalue weighted by atomic mass is 32.2. The van der Waals surface area contributed by atoms with E-state index in [9.17, 15) is 8.42 Å². The van der Waals surface area contributed by atoms with Crippen LogP contribution >= 0.6 is 0 Å². The first kappa shape index (κ1) is 20.0. The molecule has 0 bridgehead atoms. The molecule has 2 N–H and O–H groups in total. The van der Waals surface area contributed by atoms with Gasteiger partial charge in [0.1, 0.15) is 0 Å². The molecule has 0 saturated heterocycles. The molecule has 2 rings (SSSR count). The van der Waals surface area contributed by atoms with Gasteiger partial charge in [0.15, 0.2) is 15.8 Å². The molecule has 1 heterocycles. The molecule has 2 aromatic rings. The van der Waals surface area contributed by atoms with Crippen LogP contribution in [0.1, 0.15) is 18.1 Å². The summed E-state index contributed by atoms with van der Waals surface area (Å²) < 4.78 is 24.8. The molecule has 7 nitrogen and oxygen atoms in total. The lowest BCUT2D eigenvalue weighted by atomic mass is 10.1. The lowest BCUT2D eigenvalue weighted by molar-refractivity contribution is 0.602. The summed E-state index contributed by atoms with van der Waals surface area (Å²) in [5.41, 5.74) is 2.24. The fourth-order valence-corrected chi connectivity index (χ4v) is 3.10. The molecule has 8 heteroatoms. The lowest BCUT2D eigenvalue weighted by Crippen LogP contribution is -2.38. The van der Waals surface area contributed by atoms with Gasteiger partial charge in [0.05, 0.1) is 11.1 Å². The third-order valence-corrected chi connectivity index (χ3v) is 4.96. The number of aromatic nitrogens is 2. The van der Waals surface area contributed by atoms with Crippen molar-refractivity contribution < 1.29 is 8.42 Å². The molecule has 0 radical (unpaired) electrons. The van der Waals surface area contributed by atoms with Gasteiger partial charge in [-0.05, 0) is 43.0 Å². The van der Waals surface area contributed by atoms with Crippen LogP contribution in [0.4, 0.5) is 0 Å². The molecule has 0 amide bonds. The van der Waals surface area contributed by atoms with Crippen molar-refractivity contribution in [3.05, 3.63) is 47.8 Å². The van der Waals surface area contributed by atoms with Gasteiger partial charge in [0, 0.05) is 39.1 Å². The summed E-state index contributed by atoms with van der Waals surface area (Å²) >= 11 is 0. The second-order valence-corrected chi connectivity index (χ2v) is 8.14.